The predicted molar refractivity (Wildman–Crippen MR) is 89.6 cm³/mol. The minimum atomic E-state index is -0.444. The number of hydrogen-bond donors (Lipinski definition) is 2. The van der Waals surface area contributed by atoms with Crippen LogP contribution in [-0.2, 0) is 17.9 Å². The van der Waals surface area contributed by atoms with E-state index in [1.807, 2.05) is 30.3 Å². The van der Waals surface area contributed by atoms with E-state index in [2.05, 4.69) is 10.6 Å². The lowest BCUT2D eigenvalue weighted by Gasteiger charge is -2.17. The van der Waals surface area contributed by atoms with Crippen molar-refractivity contribution in [2.45, 2.75) is 13.1 Å². The van der Waals surface area contributed by atoms with Crippen LogP contribution in [0.15, 0.2) is 54.6 Å². The largest absolute Gasteiger partial charge is 0.340 e. The van der Waals surface area contributed by atoms with Crippen molar-refractivity contribution in [1.29, 1.82) is 0 Å². The number of amides is 3. The van der Waals surface area contributed by atoms with Gasteiger partial charge in [-0.05, 0) is 23.3 Å². The second kappa shape index (κ2) is 8.67. The van der Waals surface area contributed by atoms with Gasteiger partial charge in [0.15, 0.2) is 0 Å². The molecule has 0 heterocycles. The monoisotopic (exact) mass is 329 g/mol. The van der Waals surface area contributed by atoms with E-state index in [1.165, 1.54) is 12.1 Å². The van der Waals surface area contributed by atoms with Gasteiger partial charge in [0.2, 0.25) is 5.91 Å². The molecule has 0 radical (unpaired) electrons. The number of halogens is 1. The van der Waals surface area contributed by atoms with Crippen molar-refractivity contribution < 1.29 is 14.0 Å². The van der Waals surface area contributed by atoms with Crippen molar-refractivity contribution in [2.24, 2.45) is 0 Å². The molecule has 0 aromatic heterocycles. The summed E-state index contributed by atoms with van der Waals surface area (Å²) in [5.74, 6) is -0.508. The first-order chi connectivity index (χ1) is 11.5. The van der Waals surface area contributed by atoms with Crippen molar-refractivity contribution in [3.63, 3.8) is 0 Å². The fourth-order valence-electron chi connectivity index (χ4n) is 2.08. The molecule has 0 saturated heterocycles. The maximum Gasteiger partial charge on any atom is 0.315 e. The Hall–Kier alpha value is -2.89. The number of nitrogens with one attached hydrogen (secondary N) is 2. The Kier molecular flexibility index (Phi) is 6.31. The molecule has 0 atom stereocenters. The molecule has 6 heteroatoms. The molecule has 2 rings (SSSR count). The number of benzene rings is 2. The predicted octanol–water partition coefficient (Wildman–Crippen LogP) is 2.28. The molecule has 5 nitrogen and oxygen atoms in total. The van der Waals surface area contributed by atoms with Gasteiger partial charge in [0.25, 0.3) is 0 Å². The van der Waals surface area contributed by atoms with Crippen LogP contribution >= 0.6 is 0 Å². The van der Waals surface area contributed by atoms with Gasteiger partial charge in [-0.3, -0.25) is 4.79 Å². The summed E-state index contributed by atoms with van der Waals surface area (Å²) >= 11 is 0. The molecule has 3 amide bonds. The Balaban J connectivity index is 1.70. The van der Waals surface area contributed by atoms with Gasteiger partial charge in [-0.1, -0.05) is 42.5 Å². The van der Waals surface area contributed by atoms with Crippen LogP contribution in [0.2, 0.25) is 0 Å². The first kappa shape index (κ1) is 17.5. The van der Waals surface area contributed by atoms with Crippen molar-refractivity contribution >= 4 is 11.9 Å². The lowest BCUT2D eigenvalue weighted by Crippen LogP contribution is -2.42. The summed E-state index contributed by atoms with van der Waals surface area (Å²) in [6.07, 6.45) is 0. The van der Waals surface area contributed by atoms with Crippen LogP contribution in [0.25, 0.3) is 0 Å². The second-order valence-corrected chi connectivity index (χ2v) is 5.40. The minimum Gasteiger partial charge on any atom is -0.340 e. The van der Waals surface area contributed by atoms with Crippen LogP contribution in [0.1, 0.15) is 11.1 Å². The van der Waals surface area contributed by atoms with E-state index in [-0.39, 0.29) is 24.8 Å². The Morgan fingerprint density at radius 1 is 0.958 bits per heavy atom. The molecule has 2 N–H and O–H groups in total. The summed E-state index contributed by atoms with van der Waals surface area (Å²) in [6, 6.07) is 15.0. The fourth-order valence-corrected chi connectivity index (χ4v) is 2.08. The Morgan fingerprint density at radius 3 is 2.29 bits per heavy atom. The van der Waals surface area contributed by atoms with Crippen LogP contribution < -0.4 is 10.6 Å². The molecule has 24 heavy (non-hydrogen) atoms. The molecule has 0 fully saturated rings. The van der Waals surface area contributed by atoms with E-state index in [0.29, 0.717) is 6.54 Å². The molecule has 126 valence electrons. The fraction of sp³-hybridized carbons (Fsp3) is 0.222. The summed E-state index contributed by atoms with van der Waals surface area (Å²) < 4.78 is 12.8. The zero-order chi connectivity index (χ0) is 17.4. The van der Waals surface area contributed by atoms with Gasteiger partial charge >= 0.3 is 6.03 Å². The smallest absolute Gasteiger partial charge is 0.315 e. The third kappa shape index (κ3) is 5.72. The van der Waals surface area contributed by atoms with Crippen LogP contribution in [0.3, 0.4) is 0 Å². The number of carbonyl (C=O) groups is 2. The molecule has 0 aliphatic heterocycles. The number of hydrogen-bond acceptors (Lipinski definition) is 2. The summed E-state index contributed by atoms with van der Waals surface area (Å²) in [7, 11) is 1.69. The lowest BCUT2D eigenvalue weighted by atomic mass is 10.2. The molecule has 2 aromatic rings. The molecular weight excluding hydrogens is 309 g/mol. The maximum atomic E-state index is 12.8. The van der Waals surface area contributed by atoms with Crippen LogP contribution in [0.5, 0.6) is 0 Å². The zero-order valence-electron chi connectivity index (χ0n) is 13.5. The van der Waals surface area contributed by atoms with E-state index in [9.17, 15) is 14.0 Å². The quantitative estimate of drug-likeness (QED) is 0.854. The topological polar surface area (TPSA) is 61.4 Å². The van der Waals surface area contributed by atoms with Crippen molar-refractivity contribution in [3.8, 4) is 0 Å². The highest BCUT2D eigenvalue weighted by Gasteiger charge is 2.10. The SMILES string of the molecule is CN(Cc1ccccc1)C(=O)CNC(=O)NCc1ccc(F)cc1. The number of carbonyl (C=O) groups excluding carboxylic acids is 2. The van der Waals surface area contributed by atoms with Crippen LogP contribution in [-0.4, -0.2) is 30.4 Å². The Morgan fingerprint density at radius 2 is 1.62 bits per heavy atom. The van der Waals surface area contributed by atoms with E-state index in [0.717, 1.165) is 11.1 Å². The average molecular weight is 329 g/mol. The minimum absolute atomic E-state index is 0.0847. The first-order valence-corrected chi connectivity index (χ1v) is 7.58. The highest BCUT2D eigenvalue weighted by Crippen LogP contribution is 2.03. The lowest BCUT2D eigenvalue weighted by molar-refractivity contribution is -0.129. The van der Waals surface area contributed by atoms with Crippen LogP contribution in [0.4, 0.5) is 9.18 Å². The maximum absolute atomic E-state index is 12.8. The normalized spacial score (nSPS) is 10.1. The molecule has 0 unspecified atom stereocenters. The molecule has 0 saturated carbocycles. The summed E-state index contributed by atoms with van der Waals surface area (Å²) in [6.45, 7) is 0.664. The Bertz CT molecular complexity index is 674. The van der Waals surface area contributed by atoms with Crippen LogP contribution in [0, 0.1) is 5.82 Å². The van der Waals surface area contributed by atoms with Crippen molar-refractivity contribution in [1.82, 2.24) is 15.5 Å². The van der Waals surface area contributed by atoms with Crippen molar-refractivity contribution in [3.05, 3.63) is 71.5 Å². The third-order valence-corrected chi connectivity index (χ3v) is 3.45. The summed E-state index contributed by atoms with van der Waals surface area (Å²) in [4.78, 5) is 25.3. The van der Waals surface area contributed by atoms with E-state index in [4.69, 9.17) is 0 Å². The van der Waals surface area contributed by atoms with Crippen molar-refractivity contribution in [2.75, 3.05) is 13.6 Å². The Labute approximate surface area is 140 Å². The van der Waals surface area contributed by atoms with Gasteiger partial charge in [0, 0.05) is 20.1 Å². The molecule has 0 spiro atoms. The van der Waals surface area contributed by atoms with Gasteiger partial charge in [0.1, 0.15) is 5.82 Å². The van der Waals surface area contributed by atoms with E-state index >= 15 is 0 Å². The highest BCUT2D eigenvalue weighted by atomic mass is 19.1. The molecule has 0 aliphatic carbocycles. The van der Waals surface area contributed by atoms with Gasteiger partial charge in [-0.25, -0.2) is 9.18 Å². The second-order valence-electron chi connectivity index (χ2n) is 5.40. The standard InChI is InChI=1S/C18H20FN3O2/c1-22(13-15-5-3-2-4-6-15)17(23)12-21-18(24)20-11-14-7-9-16(19)10-8-14/h2-10H,11-13H2,1H3,(H2,20,21,24). The van der Waals surface area contributed by atoms with Gasteiger partial charge in [0.05, 0.1) is 6.54 Å². The van der Waals surface area contributed by atoms with E-state index in [1.54, 1.807) is 24.1 Å². The first-order valence-electron chi connectivity index (χ1n) is 7.58. The average Bonchev–Trinajstić information content (AvgIpc) is 2.60. The number of likely N-dealkylation sites (N-methyl/N-ethyl adjacent to an activating group) is 1. The highest BCUT2D eigenvalue weighted by molar-refractivity contribution is 5.83. The third-order valence-electron chi connectivity index (χ3n) is 3.45. The molecule has 2 aromatic carbocycles. The molecular formula is C18H20FN3O2. The number of nitrogens with zero attached hydrogens (tertiary/aromatic N) is 1. The summed E-state index contributed by atoms with van der Waals surface area (Å²) in [5, 5.41) is 5.13. The van der Waals surface area contributed by atoms with Gasteiger partial charge in [-0.15, -0.1) is 0 Å². The van der Waals surface area contributed by atoms with Gasteiger partial charge in [-0.2, -0.15) is 0 Å². The molecule has 0 aliphatic rings. The van der Waals surface area contributed by atoms with Gasteiger partial charge < -0.3 is 15.5 Å². The van der Waals surface area contributed by atoms with E-state index < -0.39 is 6.03 Å². The summed E-state index contributed by atoms with van der Waals surface area (Å²) in [5.41, 5.74) is 1.80. The zero-order valence-corrected chi connectivity index (χ0v) is 13.5. The number of rotatable bonds is 6. The number of urea groups is 1. The molecule has 0 bridgehead atoms.